The van der Waals surface area contributed by atoms with E-state index in [2.05, 4.69) is 0 Å². The van der Waals surface area contributed by atoms with Crippen molar-refractivity contribution < 1.29 is 28.9 Å². The van der Waals surface area contributed by atoms with Crippen molar-refractivity contribution in [2.45, 2.75) is 18.6 Å². The van der Waals surface area contributed by atoms with Crippen LogP contribution >= 0.6 is 11.6 Å². The average molecular weight is 281 g/mol. The number of aliphatic hydroxyl groups excluding tert-OH is 2. The molecule has 1 aromatic carbocycles. The summed E-state index contributed by atoms with van der Waals surface area (Å²) in [7, 11) is 0. The van der Waals surface area contributed by atoms with Crippen LogP contribution in [0.1, 0.15) is 28.4 Å². The normalized spacial score (nSPS) is 14.3. The van der Waals surface area contributed by atoms with Crippen molar-refractivity contribution in [3.05, 3.63) is 34.9 Å². The fraction of sp³-hybridized carbons (Fsp3) is 0.364. The van der Waals surface area contributed by atoms with Crippen LogP contribution in [0.25, 0.3) is 0 Å². The molecule has 0 aromatic heterocycles. The Balaban J connectivity index is 3.10. The Labute approximate surface area is 106 Å². The van der Waals surface area contributed by atoms with Crippen LogP contribution in [0.4, 0.5) is 8.78 Å². The predicted octanol–water partition coefficient (Wildman–Crippen LogP) is 1.69. The van der Waals surface area contributed by atoms with Gasteiger partial charge < -0.3 is 15.3 Å². The molecule has 0 spiro atoms. The van der Waals surface area contributed by atoms with Crippen molar-refractivity contribution in [1.29, 1.82) is 0 Å². The maximum absolute atomic E-state index is 13.3. The summed E-state index contributed by atoms with van der Waals surface area (Å²) in [5.74, 6) is -4.30. The minimum atomic E-state index is -1.74. The Morgan fingerprint density at radius 1 is 1.28 bits per heavy atom. The zero-order chi connectivity index (χ0) is 13.9. The lowest BCUT2D eigenvalue weighted by Gasteiger charge is -2.17. The Kier molecular flexibility index (Phi) is 5.01. The van der Waals surface area contributed by atoms with Gasteiger partial charge in [0.05, 0.1) is 6.10 Å². The Bertz CT molecular complexity index is 430. The molecule has 0 aliphatic rings. The molecule has 0 saturated heterocycles. The summed E-state index contributed by atoms with van der Waals surface area (Å²) in [6, 6.07) is 1.35. The molecule has 100 valence electrons. The lowest BCUT2D eigenvalue weighted by molar-refractivity contribution is 0.0166. The minimum Gasteiger partial charge on any atom is -0.477 e. The van der Waals surface area contributed by atoms with Gasteiger partial charge in [-0.15, -0.1) is 11.6 Å². The van der Waals surface area contributed by atoms with E-state index < -0.39 is 35.4 Å². The number of alkyl halides is 1. The molecule has 2 atom stereocenters. The molecule has 0 heterocycles. The Hall–Kier alpha value is -1.24. The van der Waals surface area contributed by atoms with Crippen LogP contribution in [0.15, 0.2) is 12.1 Å². The summed E-state index contributed by atoms with van der Waals surface area (Å²) >= 11 is 5.36. The number of hydrogen-bond donors (Lipinski definition) is 3. The van der Waals surface area contributed by atoms with Gasteiger partial charge >= 0.3 is 5.97 Å². The topological polar surface area (TPSA) is 77.8 Å². The summed E-state index contributed by atoms with van der Waals surface area (Å²) < 4.78 is 26.7. The first-order chi connectivity index (χ1) is 8.38. The molecule has 1 aromatic rings. The van der Waals surface area contributed by atoms with Gasteiger partial charge in [-0.3, -0.25) is 0 Å². The minimum absolute atomic E-state index is 0.0344. The van der Waals surface area contributed by atoms with Crippen LogP contribution in [-0.4, -0.2) is 33.3 Å². The summed E-state index contributed by atoms with van der Waals surface area (Å²) in [5, 5.41) is 27.6. The van der Waals surface area contributed by atoms with E-state index >= 15 is 0 Å². The summed E-state index contributed by atoms with van der Waals surface area (Å²) in [5.41, 5.74) is -1.34. The zero-order valence-electron chi connectivity index (χ0n) is 9.11. The maximum atomic E-state index is 13.3. The van der Waals surface area contributed by atoms with Gasteiger partial charge in [-0.25, -0.2) is 13.6 Å². The molecule has 0 saturated carbocycles. The van der Waals surface area contributed by atoms with Crippen molar-refractivity contribution in [2.24, 2.45) is 0 Å². The zero-order valence-corrected chi connectivity index (χ0v) is 9.86. The van der Waals surface area contributed by atoms with Gasteiger partial charge in [0.1, 0.15) is 23.3 Å². The molecule has 3 N–H and O–H groups in total. The first-order valence-corrected chi connectivity index (χ1v) is 5.56. The predicted molar refractivity (Wildman–Crippen MR) is 59.6 cm³/mol. The fourth-order valence-corrected chi connectivity index (χ4v) is 1.68. The second-order valence-corrected chi connectivity index (χ2v) is 4.03. The van der Waals surface area contributed by atoms with Gasteiger partial charge in [0, 0.05) is 5.88 Å². The van der Waals surface area contributed by atoms with Gasteiger partial charge in [-0.05, 0) is 24.1 Å². The molecule has 18 heavy (non-hydrogen) atoms. The number of benzene rings is 1. The fourth-order valence-electron chi connectivity index (χ4n) is 1.46. The highest BCUT2D eigenvalue weighted by molar-refractivity contribution is 6.17. The number of carboxylic acids is 1. The van der Waals surface area contributed by atoms with E-state index in [1.807, 2.05) is 0 Å². The Morgan fingerprint density at radius 2 is 1.78 bits per heavy atom. The second-order valence-electron chi connectivity index (χ2n) is 3.65. The van der Waals surface area contributed by atoms with E-state index in [9.17, 15) is 23.8 Å². The molecule has 0 aliphatic heterocycles. The van der Waals surface area contributed by atoms with E-state index in [0.29, 0.717) is 12.1 Å². The van der Waals surface area contributed by atoms with E-state index in [1.54, 1.807) is 0 Å². The summed E-state index contributed by atoms with van der Waals surface area (Å²) in [6.45, 7) is 0. The van der Waals surface area contributed by atoms with Crippen LogP contribution < -0.4 is 0 Å². The average Bonchev–Trinajstić information content (AvgIpc) is 2.26. The number of carbonyl (C=O) groups is 1. The van der Waals surface area contributed by atoms with Gasteiger partial charge in [-0.2, -0.15) is 0 Å². The van der Waals surface area contributed by atoms with Gasteiger partial charge in [0.25, 0.3) is 0 Å². The van der Waals surface area contributed by atoms with E-state index in [-0.39, 0.29) is 17.9 Å². The number of aromatic carboxylic acids is 1. The van der Waals surface area contributed by atoms with Gasteiger partial charge in [0.15, 0.2) is 0 Å². The number of hydrogen-bond acceptors (Lipinski definition) is 3. The maximum Gasteiger partial charge on any atom is 0.341 e. The standard InChI is InChI=1S/C11H11ClF2O4/c12-2-1-8(15)10(16)5-3-6(13)9(11(17)18)7(14)4-5/h3-4,8,10,15-16H,1-2H2,(H,17,18). The molecule has 4 nitrogen and oxygen atoms in total. The van der Waals surface area contributed by atoms with Crippen molar-refractivity contribution >= 4 is 17.6 Å². The van der Waals surface area contributed by atoms with Gasteiger partial charge in [0.2, 0.25) is 0 Å². The number of carboxylic acid groups (broad SMARTS) is 1. The molecule has 1 rings (SSSR count). The van der Waals surface area contributed by atoms with Crippen LogP contribution in [0, 0.1) is 11.6 Å². The number of halogens is 3. The quantitative estimate of drug-likeness (QED) is 0.717. The molecular formula is C11H11ClF2O4. The Morgan fingerprint density at radius 3 is 2.17 bits per heavy atom. The lowest BCUT2D eigenvalue weighted by atomic mass is 10.0. The van der Waals surface area contributed by atoms with E-state index in [4.69, 9.17) is 16.7 Å². The molecule has 7 heteroatoms. The first kappa shape index (κ1) is 14.8. The van der Waals surface area contributed by atoms with Crippen LogP contribution in [0.2, 0.25) is 0 Å². The summed E-state index contributed by atoms with van der Waals surface area (Å²) in [6.07, 6.45) is -2.78. The SMILES string of the molecule is O=C(O)c1c(F)cc(C(O)C(O)CCCl)cc1F. The monoisotopic (exact) mass is 280 g/mol. The third-order valence-electron chi connectivity index (χ3n) is 2.39. The van der Waals surface area contributed by atoms with Crippen LogP contribution in [0.5, 0.6) is 0 Å². The first-order valence-electron chi connectivity index (χ1n) is 5.02. The molecule has 0 aliphatic carbocycles. The molecule has 0 bridgehead atoms. The van der Waals surface area contributed by atoms with Crippen molar-refractivity contribution in [3.8, 4) is 0 Å². The molecule has 0 fully saturated rings. The highest BCUT2D eigenvalue weighted by Crippen LogP contribution is 2.24. The highest BCUT2D eigenvalue weighted by atomic mass is 35.5. The molecule has 0 amide bonds. The lowest BCUT2D eigenvalue weighted by Crippen LogP contribution is -2.19. The summed E-state index contributed by atoms with van der Waals surface area (Å²) in [4.78, 5) is 10.6. The highest BCUT2D eigenvalue weighted by Gasteiger charge is 2.23. The molecular weight excluding hydrogens is 270 g/mol. The van der Waals surface area contributed by atoms with Crippen molar-refractivity contribution in [3.63, 3.8) is 0 Å². The van der Waals surface area contributed by atoms with Gasteiger partial charge in [-0.1, -0.05) is 0 Å². The number of aliphatic hydroxyl groups is 2. The van der Waals surface area contributed by atoms with Crippen LogP contribution in [-0.2, 0) is 0 Å². The third-order valence-corrected chi connectivity index (χ3v) is 2.61. The number of rotatable bonds is 5. The largest absolute Gasteiger partial charge is 0.477 e. The smallest absolute Gasteiger partial charge is 0.341 e. The van der Waals surface area contributed by atoms with E-state index in [1.165, 1.54) is 0 Å². The van der Waals surface area contributed by atoms with Crippen molar-refractivity contribution in [2.75, 3.05) is 5.88 Å². The third kappa shape index (κ3) is 3.16. The van der Waals surface area contributed by atoms with Crippen molar-refractivity contribution in [1.82, 2.24) is 0 Å². The molecule has 2 unspecified atom stereocenters. The van der Waals surface area contributed by atoms with Crippen LogP contribution in [0.3, 0.4) is 0 Å². The second kappa shape index (κ2) is 6.08. The van der Waals surface area contributed by atoms with E-state index in [0.717, 1.165) is 0 Å². The molecule has 0 radical (unpaired) electrons.